The molecule has 2 fully saturated rings. The number of urea groups is 1. The number of hydrogen-bond acceptors (Lipinski definition) is 3. The number of nitrogens with one attached hydrogen (secondary N) is 1. The number of rotatable bonds is 3. The third-order valence-electron chi connectivity index (χ3n) is 6.32. The largest absolute Gasteiger partial charge is 0.336 e. The zero-order valence-corrected chi connectivity index (χ0v) is 16.0. The fraction of sp³-hybridized carbons (Fsp3) is 0.619. The number of benzene rings is 1. The van der Waals surface area contributed by atoms with Crippen molar-refractivity contribution < 1.29 is 9.59 Å². The van der Waals surface area contributed by atoms with Gasteiger partial charge in [-0.3, -0.25) is 9.69 Å². The smallest absolute Gasteiger partial charge is 0.317 e. The Labute approximate surface area is 161 Å². The number of piperazine rings is 1. The van der Waals surface area contributed by atoms with Crippen molar-refractivity contribution in [3.63, 3.8) is 0 Å². The Morgan fingerprint density at radius 1 is 0.926 bits per heavy atom. The summed E-state index contributed by atoms with van der Waals surface area (Å²) in [5.74, 6) is 0.00226. The van der Waals surface area contributed by atoms with Crippen molar-refractivity contribution >= 4 is 11.9 Å². The van der Waals surface area contributed by atoms with E-state index in [2.05, 4.69) is 22.3 Å². The monoisotopic (exact) mass is 370 g/mol. The minimum Gasteiger partial charge on any atom is -0.336 e. The van der Waals surface area contributed by atoms with Crippen LogP contribution < -0.4 is 5.32 Å². The first-order valence-corrected chi connectivity index (χ1v) is 10.3. The molecule has 2 heterocycles. The zero-order valence-electron chi connectivity index (χ0n) is 16.0. The number of nitrogens with zero attached hydrogens (tertiary/aromatic N) is 3. The second kappa shape index (κ2) is 8.30. The van der Waals surface area contributed by atoms with Crippen molar-refractivity contribution in [3.8, 4) is 0 Å². The summed E-state index contributed by atoms with van der Waals surface area (Å²) in [5.41, 5.74) is 2.54. The summed E-state index contributed by atoms with van der Waals surface area (Å²) >= 11 is 0. The highest BCUT2D eigenvalue weighted by atomic mass is 16.2. The average Bonchev–Trinajstić information content (AvgIpc) is 3.26. The van der Waals surface area contributed by atoms with Crippen LogP contribution in [-0.2, 0) is 17.8 Å². The van der Waals surface area contributed by atoms with Crippen molar-refractivity contribution in [1.29, 1.82) is 0 Å². The Kier molecular flexibility index (Phi) is 5.62. The molecule has 0 radical (unpaired) electrons. The third kappa shape index (κ3) is 4.26. The number of fused-ring (bicyclic) bond motifs is 1. The molecule has 1 aromatic carbocycles. The van der Waals surface area contributed by atoms with Gasteiger partial charge in [0.05, 0.1) is 6.54 Å². The van der Waals surface area contributed by atoms with Gasteiger partial charge in [0.15, 0.2) is 0 Å². The Morgan fingerprint density at radius 3 is 2.37 bits per heavy atom. The highest BCUT2D eigenvalue weighted by Gasteiger charge is 2.28. The first kappa shape index (κ1) is 18.3. The molecule has 0 atom stereocenters. The maximum absolute atomic E-state index is 12.5. The Bertz CT molecular complexity index is 679. The van der Waals surface area contributed by atoms with E-state index in [0.29, 0.717) is 6.54 Å². The highest BCUT2D eigenvalue weighted by molar-refractivity contribution is 5.84. The minimum atomic E-state index is -0.105. The normalized spacial score (nSPS) is 21.2. The van der Waals surface area contributed by atoms with Gasteiger partial charge < -0.3 is 15.1 Å². The molecule has 3 amide bonds. The molecule has 1 N–H and O–H groups in total. The summed E-state index contributed by atoms with van der Waals surface area (Å²) in [6.07, 6.45) is 6.18. The molecule has 1 saturated carbocycles. The van der Waals surface area contributed by atoms with Gasteiger partial charge in [0.1, 0.15) is 0 Å². The molecule has 146 valence electrons. The maximum atomic E-state index is 12.5. The summed E-state index contributed by atoms with van der Waals surface area (Å²) in [4.78, 5) is 31.2. The summed E-state index contributed by atoms with van der Waals surface area (Å²) in [7, 11) is 0. The van der Waals surface area contributed by atoms with Crippen LogP contribution in [0.3, 0.4) is 0 Å². The lowest BCUT2D eigenvalue weighted by Crippen LogP contribution is -2.54. The molecule has 6 nitrogen and oxygen atoms in total. The van der Waals surface area contributed by atoms with E-state index in [1.165, 1.54) is 36.8 Å². The van der Waals surface area contributed by atoms with Crippen LogP contribution in [0.15, 0.2) is 24.3 Å². The lowest BCUT2D eigenvalue weighted by atomic mass is 10.00. The molecular formula is C21H30N4O2. The molecule has 1 aromatic rings. The summed E-state index contributed by atoms with van der Waals surface area (Å²) in [6.45, 7) is 4.88. The Balaban J connectivity index is 1.21. The van der Waals surface area contributed by atoms with Crippen LogP contribution in [0.2, 0.25) is 0 Å². The molecule has 0 spiro atoms. The van der Waals surface area contributed by atoms with Crippen LogP contribution in [0, 0.1) is 0 Å². The van der Waals surface area contributed by atoms with Gasteiger partial charge in [0, 0.05) is 45.3 Å². The van der Waals surface area contributed by atoms with Gasteiger partial charge in [-0.2, -0.15) is 0 Å². The van der Waals surface area contributed by atoms with Crippen LogP contribution in [0.5, 0.6) is 0 Å². The minimum absolute atomic E-state index is 0.00226. The quantitative estimate of drug-likeness (QED) is 0.883. The van der Waals surface area contributed by atoms with Gasteiger partial charge in [-0.25, -0.2) is 4.79 Å². The summed E-state index contributed by atoms with van der Waals surface area (Å²) in [5, 5.41) is 2.84. The molecular weight excluding hydrogens is 340 g/mol. The molecule has 3 aliphatic rings. The fourth-order valence-electron chi connectivity index (χ4n) is 4.64. The van der Waals surface area contributed by atoms with Gasteiger partial charge in [-0.05, 0) is 30.4 Å². The van der Waals surface area contributed by atoms with E-state index in [1.54, 1.807) is 0 Å². The van der Waals surface area contributed by atoms with Crippen LogP contribution in [0.25, 0.3) is 0 Å². The maximum Gasteiger partial charge on any atom is 0.317 e. The van der Waals surface area contributed by atoms with Crippen molar-refractivity contribution in [2.75, 3.05) is 39.3 Å². The number of amides is 3. The van der Waals surface area contributed by atoms with Gasteiger partial charge in [-0.1, -0.05) is 37.1 Å². The molecule has 1 saturated heterocycles. The van der Waals surface area contributed by atoms with E-state index < -0.39 is 0 Å². The summed E-state index contributed by atoms with van der Waals surface area (Å²) < 4.78 is 0. The van der Waals surface area contributed by atoms with E-state index in [1.807, 2.05) is 21.9 Å². The fourth-order valence-corrected chi connectivity index (χ4v) is 4.64. The Morgan fingerprint density at radius 2 is 1.63 bits per heavy atom. The zero-order chi connectivity index (χ0) is 18.6. The Hall–Kier alpha value is -2.08. The molecule has 0 aromatic heterocycles. The second-order valence-electron chi connectivity index (χ2n) is 7.95. The van der Waals surface area contributed by atoms with Crippen LogP contribution in [0.1, 0.15) is 36.8 Å². The van der Waals surface area contributed by atoms with Crippen LogP contribution in [0.4, 0.5) is 4.79 Å². The first-order valence-electron chi connectivity index (χ1n) is 10.3. The molecule has 0 unspecified atom stereocenters. The third-order valence-corrected chi connectivity index (χ3v) is 6.32. The molecule has 4 rings (SSSR count). The van der Waals surface area contributed by atoms with Crippen LogP contribution >= 0.6 is 0 Å². The SMILES string of the molecule is O=C(CNC(=O)N1CCN(C2CCCC2)CC1)N1CCc2ccccc2C1. The van der Waals surface area contributed by atoms with Crippen molar-refractivity contribution in [3.05, 3.63) is 35.4 Å². The van der Waals surface area contributed by atoms with Crippen molar-refractivity contribution in [1.82, 2.24) is 20.0 Å². The standard InChI is InChI=1S/C21H30N4O2/c26-20(25-10-9-17-5-1-2-6-18(17)16-25)15-22-21(27)24-13-11-23(12-14-24)19-7-3-4-8-19/h1-2,5-6,19H,3-4,7-16H2,(H,22,27). The van der Waals surface area contributed by atoms with Gasteiger partial charge in [0.25, 0.3) is 0 Å². The van der Waals surface area contributed by atoms with Crippen molar-refractivity contribution in [2.24, 2.45) is 0 Å². The predicted octanol–water partition coefficient (Wildman–Crippen LogP) is 1.84. The van der Waals surface area contributed by atoms with Gasteiger partial charge in [0.2, 0.25) is 5.91 Å². The lowest BCUT2D eigenvalue weighted by molar-refractivity contribution is -0.131. The molecule has 27 heavy (non-hydrogen) atoms. The average molecular weight is 370 g/mol. The number of hydrogen-bond donors (Lipinski definition) is 1. The molecule has 0 bridgehead atoms. The van der Waals surface area contributed by atoms with Crippen LogP contribution in [-0.4, -0.2) is 71.9 Å². The van der Waals surface area contributed by atoms with E-state index >= 15 is 0 Å². The summed E-state index contributed by atoms with van der Waals surface area (Å²) in [6, 6.07) is 8.88. The lowest BCUT2D eigenvalue weighted by Gasteiger charge is -2.38. The molecule has 1 aliphatic carbocycles. The van der Waals surface area contributed by atoms with E-state index in [4.69, 9.17) is 0 Å². The number of carbonyl (C=O) groups is 2. The highest BCUT2D eigenvalue weighted by Crippen LogP contribution is 2.24. The van der Waals surface area contributed by atoms with Gasteiger partial charge in [-0.15, -0.1) is 0 Å². The first-order chi connectivity index (χ1) is 13.2. The second-order valence-corrected chi connectivity index (χ2v) is 7.95. The number of carbonyl (C=O) groups excluding carboxylic acids is 2. The van der Waals surface area contributed by atoms with E-state index in [0.717, 1.165) is 45.2 Å². The molecule has 6 heteroatoms. The van der Waals surface area contributed by atoms with Crippen molar-refractivity contribution in [2.45, 2.75) is 44.7 Å². The van der Waals surface area contributed by atoms with E-state index in [9.17, 15) is 9.59 Å². The topological polar surface area (TPSA) is 55.9 Å². The van der Waals surface area contributed by atoms with Gasteiger partial charge >= 0.3 is 6.03 Å². The predicted molar refractivity (Wildman–Crippen MR) is 104 cm³/mol. The van der Waals surface area contributed by atoms with E-state index in [-0.39, 0.29) is 18.5 Å². The molecule has 2 aliphatic heterocycles.